The van der Waals surface area contributed by atoms with Crippen LogP contribution in [0.15, 0.2) is 163 Å². The zero-order chi connectivity index (χ0) is 45.8. The van der Waals surface area contributed by atoms with E-state index in [1.807, 2.05) is 68.4 Å². The lowest BCUT2D eigenvalue weighted by Crippen LogP contribution is -2.18. The minimum atomic E-state index is -3.61. The van der Waals surface area contributed by atoms with Gasteiger partial charge in [-0.1, -0.05) is 66.2 Å². The van der Waals surface area contributed by atoms with Crippen LogP contribution in [0.2, 0.25) is 0 Å². The van der Waals surface area contributed by atoms with Gasteiger partial charge in [0.25, 0.3) is 5.91 Å². The number of aromatic hydroxyl groups is 1. The van der Waals surface area contributed by atoms with Gasteiger partial charge in [-0.05, 0) is 145 Å². The number of ether oxygens (including phenoxy) is 2. The van der Waals surface area contributed by atoms with Crippen molar-refractivity contribution in [2.45, 2.75) is 37.5 Å². The summed E-state index contributed by atoms with van der Waals surface area (Å²) in [4.78, 5) is 48.2. The minimum absolute atomic E-state index is 0.0162. The van der Waals surface area contributed by atoms with Gasteiger partial charge in [-0.15, -0.1) is 0 Å². The van der Waals surface area contributed by atoms with Crippen LogP contribution in [0.25, 0.3) is 10.8 Å². The van der Waals surface area contributed by atoms with E-state index in [0.29, 0.717) is 34.0 Å². The Hall–Kier alpha value is -7.77. The summed E-state index contributed by atoms with van der Waals surface area (Å²) in [5.41, 5.74) is 4.74. The van der Waals surface area contributed by atoms with Gasteiger partial charge in [-0.2, -0.15) is 0 Å². The van der Waals surface area contributed by atoms with Crippen LogP contribution in [0.3, 0.4) is 0 Å². The number of carboxylic acids is 1. The number of phenols is 1. The van der Waals surface area contributed by atoms with Crippen molar-refractivity contribution >= 4 is 55.7 Å². The monoisotopic (exact) mass is 878 g/mol. The van der Waals surface area contributed by atoms with E-state index < -0.39 is 21.8 Å². The number of methoxy groups -OCH3 is 1. The first-order valence-electron chi connectivity index (χ1n) is 20.2. The van der Waals surface area contributed by atoms with E-state index >= 15 is 0 Å². The highest BCUT2D eigenvalue weighted by Gasteiger charge is 2.22. The number of carbonyl (C=O) groups is 4. The molecule has 0 fully saturated rings. The Labute approximate surface area is 371 Å². The van der Waals surface area contributed by atoms with Gasteiger partial charge in [-0.3, -0.25) is 9.59 Å². The maximum atomic E-state index is 13.2. The number of amides is 2. The Morgan fingerprint density at radius 2 is 1.23 bits per heavy atom. The van der Waals surface area contributed by atoms with Crippen molar-refractivity contribution in [1.29, 1.82) is 0 Å². The van der Waals surface area contributed by atoms with Gasteiger partial charge in [-0.25, -0.2) is 18.0 Å². The van der Waals surface area contributed by atoms with Crippen molar-refractivity contribution in [3.8, 4) is 17.2 Å². The van der Waals surface area contributed by atoms with E-state index in [2.05, 4.69) is 10.6 Å². The van der Waals surface area contributed by atoms with E-state index in [1.54, 1.807) is 66.7 Å². The molecule has 0 saturated carbocycles. The summed E-state index contributed by atoms with van der Waals surface area (Å²) in [5.74, 6) is -1.32. The molecule has 0 saturated heterocycles. The van der Waals surface area contributed by atoms with Gasteiger partial charge in [0, 0.05) is 17.7 Å². The molecule has 0 aromatic heterocycles. The third-order valence-electron chi connectivity index (χ3n) is 10.2. The molecule has 12 nitrogen and oxygen atoms in total. The summed E-state index contributed by atoms with van der Waals surface area (Å²) in [6.45, 7) is 3.84. The standard InChI is InChI=1S/C31H29NO6S.C20H17NO4/c1-22-7-9-23(10-8-22)25(21-30(33)32-26-13-11-24(12-14-26)31(34)35)19-20-39(36,37)29-17-15-28(16-18-29)38-27-5-3-2-4-6-27;1-12-3-8-18(22)17(9-12)21-19(23)15-6-4-14-11-16(20(24)25-2)7-5-13(14)10-15/h2-18,25H,19-21H2,1H3,(H,32,33)(H,34,35);3-11,22H,1-2H3,(H,21,23). The van der Waals surface area contributed by atoms with Gasteiger partial charge in [0.15, 0.2) is 9.84 Å². The van der Waals surface area contributed by atoms with E-state index in [-0.39, 0.29) is 52.5 Å². The molecule has 0 aliphatic rings. The van der Waals surface area contributed by atoms with E-state index in [4.69, 9.17) is 14.6 Å². The van der Waals surface area contributed by atoms with Crippen molar-refractivity contribution in [2.24, 2.45) is 0 Å². The zero-order valence-electron chi connectivity index (χ0n) is 35.3. The fraction of sp³-hybridized carbons (Fsp3) is 0.137. The van der Waals surface area contributed by atoms with Gasteiger partial charge < -0.3 is 30.3 Å². The molecular weight excluding hydrogens is 833 g/mol. The average Bonchev–Trinajstić information content (AvgIpc) is 3.29. The number of hydrogen-bond donors (Lipinski definition) is 4. The summed E-state index contributed by atoms with van der Waals surface area (Å²) in [7, 11) is -2.28. The smallest absolute Gasteiger partial charge is 0.337 e. The van der Waals surface area contributed by atoms with Crippen molar-refractivity contribution < 1.29 is 47.3 Å². The van der Waals surface area contributed by atoms with Crippen LogP contribution >= 0.6 is 0 Å². The number of aryl methyl sites for hydroxylation is 2. The fourth-order valence-electron chi connectivity index (χ4n) is 6.69. The van der Waals surface area contributed by atoms with Crippen LogP contribution in [0.1, 0.15) is 66.5 Å². The predicted molar refractivity (Wildman–Crippen MR) is 246 cm³/mol. The number of fused-ring (bicyclic) bond motifs is 1. The number of nitrogens with one attached hydrogen (secondary N) is 2. The number of anilines is 2. The number of aromatic carboxylic acids is 1. The highest BCUT2D eigenvalue weighted by Crippen LogP contribution is 2.29. The number of carbonyl (C=O) groups excluding carboxylic acids is 3. The predicted octanol–water partition coefficient (Wildman–Crippen LogP) is 10.4. The normalized spacial score (nSPS) is 11.4. The molecule has 13 heteroatoms. The van der Waals surface area contributed by atoms with Crippen molar-refractivity contribution in [2.75, 3.05) is 23.5 Å². The Balaban J connectivity index is 0.000000234. The molecule has 0 aliphatic carbocycles. The Morgan fingerprint density at radius 3 is 1.88 bits per heavy atom. The number of rotatable bonds is 14. The zero-order valence-corrected chi connectivity index (χ0v) is 36.1. The van der Waals surface area contributed by atoms with Crippen LogP contribution < -0.4 is 15.4 Å². The summed E-state index contributed by atoms with van der Waals surface area (Å²) < 4.78 is 36.8. The lowest BCUT2D eigenvalue weighted by atomic mass is 9.92. The number of hydrogen-bond acceptors (Lipinski definition) is 9. The summed E-state index contributed by atoms with van der Waals surface area (Å²) in [5, 5.41) is 26.1. The summed E-state index contributed by atoms with van der Waals surface area (Å²) in [6, 6.07) is 44.4. The van der Waals surface area contributed by atoms with E-state index in [0.717, 1.165) is 27.5 Å². The lowest BCUT2D eigenvalue weighted by molar-refractivity contribution is -0.116. The molecule has 0 aliphatic heterocycles. The molecular formula is C51H46N2O10S. The third-order valence-corrected chi connectivity index (χ3v) is 12.0. The number of esters is 1. The molecule has 326 valence electrons. The summed E-state index contributed by atoms with van der Waals surface area (Å²) >= 11 is 0. The highest BCUT2D eigenvalue weighted by atomic mass is 32.2. The fourth-order valence-corrected chi connectivity index (χ4v) is 8.07. The molecule has 1 unspecified atom stereocenters. The molecule has 0 bridgehead atoms. The topological polar surface area (TPSA) is 185 Å². The number of para-hydroxylation sites is 1. The van der Waals surface area contributed by atoms with Crippen molar-refractivity contribution in [1.82, 2.24) is 0 Å². The van der Waals surface area contributed by atoms with Crippen LogP contribution in [0.4, 0.5) is 11.4 Å². The highest BCUT2D eigenvalue weighted by molar-refractivity contribution is 7.91. The second-order valence-electron chi connectivity index (χ2n) is 15.0. The number of phenolic OH excluding ortho intramolecular Hbond substituents is 1. The van der Waals surface area contributed by atoms with Crippen LogP contribution in [-0.2, 0) is 19.4 Å². The number of benzene rings is 7. The van der Waals surface area contributed by atoms with Gasteiger partial charge in [0.05, 0.1) is 34.6 Å². The second kappa shape index (κ2) is 20.9. The third kappa shape index (κ3) is 12.4. The van der Waals surface area contributed by atoms with Crippen LogP contribution in [0.5, 0.6) is 17.2 Å². The van der Waals surface area contributed by atoms with Crippen molar-refractivity contribution in [3.63, 3.8) is 0 Å². The van der Waals surface area contributed by atoms with Crippen LogP contribution in [0, 0.1) is 13.8 Å². The molecule has 7 aromatic carbocycles. The van der Waals surface area contributed by atoms with Gasteiger partial charge in [0.1, 0.15) is 17.2 Å². The van der Waals surface area contributed by atoms with E-state index in [1.165, 1.54) is 43.5 Å². The molecule has 0 spiro atoms. The van der Waals surface area contributed by atoms with Crippen molar-refractivity contribution in [3.05, 3.63) is 191 Å². The molecule has 7 rings (SSSR count). The van der Waals surface area contributed by atoms with Crippen LogP contribution in [-0.4, -0.2) is 55.2 Å². The van der Waals surface area contributed by atoms with Gasteiger partial charge >= 0.3 is 11.9 Å². The first-order chi connectivity index (χ1) is 30.7. The number of carboxylic acid groups (broad SMARTS) is 1. The Bertz CT molecular complexity index is 2880. The van der Waals surface area contributed by atoms with E-state index in [9.17, 15) is 32.7 Å². The molecule has 7 aromatic rings. The first-order valence-corrected chi connectivity index (χ1v) is 21.8. The Morgan fingerprint density at radius 1 is 0.641 bits per heavy atom. The lowest BCUT2D eigenvalue weighted by Gasteiger charge is -2.18. The summed E-state index contributed by atoms with van der Waals surface area (Å²) in [6.07, 6.45) is 0.322. The molecule has 0 radical (unpaired) electrons. The molecule has 64 heavy (non-hydrogen) atoms. The quantitative estimate of drug-likeness (QED) is 0.0605. The second-order valence-corrected chi connectivity index (χ2v) is 17.1. The maximum Gasteiger partial charge on any atom is 0.337 e. The molecule has 4 N–H and O–H groups in total. The number of sulfone groups is 1. The average molecular weight is 879 g/mol. The molecule has 1 atom stereocenters. The Kier molecular flexibility index (Phi) is 14.9. The largest absolute Gasteiger partial charge is 0.506 e. The molecule has 0 heterocycles. The SMILES string of the molecule is COC(=O)c1ccc2cc(C(=O)Nc3cc(C)ccc3O)ccc2c1.Cc1ccc(C(CCS(=O)(=O)c2ccc(Oc3ccccc3)cc2)CC(=O)Nc2ccc(C(=O)O)cc2)cc1. The first kappa shape index (κ1) is 45.7. The minimum Gasteiger partial charge on any atom is -0.506 e. The maximum absolute atomic E-state index is 13.2. The molecule has 2 amide bonds. The van der Waals surface area contributed by atoms with Gasteiger partial charge in [0.2, 0.25) is 5.91 Å².